The van der Waals surface area contributed by atoms with E-state index in [9.17, 15) is 4.79 Å². The van der Waals surface area contributed by atoms with Crippen molar-refractivity contribution in [1.82, 2.24) is 4.90 Å². The highest BCUT2D eigenvalue weighted by Crippen LogP contribution is 2.46. The average molecular weight is 373 g/mol. The zero-order valence-electron chi connectivity index (χ0n) is 16.6. The summed E-state index contributed by atoms with van der Waals surface area (Å²) < 4.78 is 11.0. The number of hydrogen-bond donors (Lipinski definition) is 1. The van der Waals surface area contributed by atoms with Crippen LogP contribution in [0.25, 0.3) is 0 Å². The Balaban J connectivity index is 1.59. The van der Waals surface area contributed by atoms with E-state index >= 15 is 0 Å². The summed E-state index contributed by atoms with van der Waals surface area (Å²) in [6, 6.07) is 6.49. The third-order valence-electron chi connectivity index (χ3n) is 7.03. The molecule has 1 aromatic carbocycles. The summed E-state index contributed by atoms with van der Waals surface area (Å²) >= 11 is 0. The van der Waals surface area contributed by atoms with Crippen molar-refractivity contribution in [1.29, 1.82) is 0 Å². The lowest BCUT2D eigenvalue weighted by molar-refractivity contribution is -0.0532. The Labute approximate surface area is 162 Å². The number of likely N-dealkylation sites (N-methyl/N-ethyl adjacent to an activating group) is 1. The van der Waals surface area contributed by atoms with Gasteiger partial charge in [0, 0.05) is 18.0 Å². The van der Waals surface area contributed by atoms with Gasteiger partial charge in [0.15, 0.2) is 0 Å². The lowest BCUT2D eigenvalue weighted by atomic mass is 9.60. The van der Waals surface area contributed by atoms with Crippen molar-refractivity contribution in [2.24, 2.45) is 11.7 Å². The first-order valence-electron chi connectivity index (χ1n) is 10.5. The fourth-order valence-corrected chi connectivity index (χ4v) is 5.20. The third-order valence-corrected chi connectivity index (χ3v) is 7.03. The molecule has 5 nitrogen and oxygen atoms in total. The Bertz CT molecular complexity index is 703. The monoisotopic (exact) mass is 372 g/mol. The molecule has 27 heavy (non-hydrogen) atoms. The van der Waals surface area contributed by atoms with Gasteiger partial charge in [-0.1, -0.05) is 32.3 Å². The topological polar surface area (TPSA) is 64.8 Å². The van der Waals surface area contributed by atoms with Crippen LogP contribution >= 0.6 is 0 Å². The molecule has 1 unspecified atom stereocenters. The molecular weight excluding hydrogens is 340 g/mol. The van der Waals surface area contributed by atoms with Gasteiger partial charge < -0.3 is 20.1 Å². The molecule has 1 aromatic rings. The third kappa shape index (κ3) is 3.36. The number of amides is 1. The summed E-state index contributed by atoms with van der Waals surface area (Å²) in [5.41, 5.74) is 9.39. The van der Waals surface area contributed by atoms with Gasteiger partial charge in [-0.25, -0.2) is 4.79 Å². The summed E-state index contributed by atoms with van der Waals surface area (Å²) in [4.78, 5) is 14.4. The zero-order chi connectivity index (χ0) is 19.0. The number of fused-ring (bicyclic) bond motifs is 4. The second-order valence-electron chi connectivity index (χ2n) is 8.67. The van der Waals surface area contributed by atoms with Crippen LogP contribution in [0.5, 0.6) is 5.75 Å². The number of ether oxygens (including phenoxy) is 2. The van der Waals surface area contributed by atoms with Crippen LogP contribution in [0, 0.1) is 5.92 Å². The van der Waals surface area contributed by atoms with Crippen LogP contribution < -0.4 is 10.5 Å². The largest absolute Gasteiger partial charge is 0.415 e. The standard InChI is InChI=1S/C22H32N2O3/c1-3-24(17-13-26-14-17)21(25)27-18-9-8-15-11-16-7-5-4-6-10-22(2,20(16)23)19(15)12-18/h8-9,12,16-17,20H,3-7,10-11,13-14,23H2,1-2H3/t16?,20-,22+/m0/s1. The van der Waals surface area contributed by atoms with Crippen LogP contribution in [0.1, 0.15) is 57.1 Å². The van der Waals surface area contributed by atoms with Crippen molar-refractivity contribution in [3.8, 4) is 5.75 Å². The minimum atomic E-state index is -0.286. The van der Waals surface area contributed by atoms with E-state index in [1.807, 2.05) is 13.0 Å². The molecule has 2 bridgehead atoms. The molecule has 1 saturated heterocycles. The predicted molar refractivity (Wildman–Crippen MR) is 105 cm³/mol. The Hall–Kier alpha value is -1.59. The predicted octanol–water partition coefficient (Wildman–Crippen LogP) is 3.63. The Morgan fingerprint density at radius 3 is 2.85 bits per heavy atom. The second kappa shape index (κ2) is 7.44. The summed E-state index contributed by atoms with van der Waals surface area (Å²) in [5.74, 6) is 1.19. The number of carbonyl (C=O) groups is 1. The van der Waals surface area contributed by atoms with Gasteiger partial charge in [0.05, 0.1) is 19.3 Å². The first-order valence-corrected chi connectivity index (χ1v) is 10.5. The number of rotatable bonds is 3. The lowest BCUT2D eigenvalue weighted by Gasteiger charge is -2.47. The summed E-state index contributed by atoms with van der Waals surface area (Å²) in [6.45, 7) is 6.11. The van der Waals surface area contributed by atoms with E-state index in [-0.39, 0.29) is 23.6 Å². The molecule has 3 atom stereocenters. The van der Waals surface area contributed by atoms with E-state index in [4.69, 9.17) is 15.2 Å². The molecule has 1 aliphatic heterocycles. The Morgan fingerprint density at radius 2 is 2.15 bits per heavy atom. The van der Waals surface area contributed by atoms with Crippen LogP contribution in [-0.4, -0.2) is 42.8 Å². The van der Waals surface area contributed by atoms with Crippen LogP contribution in [-0.2, 0) is 16.6 Å². The quantitative estimate of drug-likeness (QED) is 0.880. The molecule has 4 rings (SSSR count). The first kappa shape index (κ1) is 18.8. The molecule has 0 spiro atoms. The van der Waals surface area contributed by atoms with E-state index in [0.29, 0.717) is 31.4 Å². The van der Waals surface area contributed by atoms with E-state index < -0.39 is 0 Å². The van der Waals surface area contributed by atoms with Crippen molar-refractivity contribution in [2.45, 2.75) is 69.9 Å². The highest BCUT2D eigenvalue weighted by Gasteiger charge is 2.44. The average Bonchev–Trinajstić information content (AvgIpc) is 2.61. The number of nitrogens with two attached hydrogens (primary N) is 1. The van der Waals surface area contributed by atoms with Gasteiger partial charge in [-0.05, 0) is 55.4 Å². The molecule has 2 aliphatic carbocycles. The summed E-state index contributed by atoms with van der Waals surface area (Å²) in [7, 11) is 0. The van der Waals surface area contributed by atoms with Gasteiger partial charge >= 0.3 is 6.09 Å². The minimum absolute atomic E-state index is 0.0344. The highest BCUT2D eigenvalue weighted by molar-refractivity contribution is 5.71. The van der Waals surface area contributed by atoms with Crippen molar-refractivity contribution in [2.75, 3.05) is 19.8 Å². The SMILES string of the molecule is CCN(C(=O)Oc1ccc2c(c1)[C@@]1(C)CCCCCC(C2)[C@@H]1N)C1COC1. The van der Waals surface area contributed by atoms with E-state index in [1.165, 1.54) is 36.8 Å². The van der Waals surface area contributed by atoms with E-state index in [2.05, 4.69) is 19.1 Å². The smallest absolute Gasteiger partial charge is 0.410 e. The number of carbonyl (C=O) groups excluding carboxylic acids is 1. The van der Waals surface area contributed by atoms with Crippen molar-refractivity contribution in [3.63, 3.8) is 0 Å². The van der Waals surface area contributed by atoms with Crippen LogP contribution in [0.2, 0.25) is 0 Å². The van der Waals surface area contributed by atoms with Gasteiger partial charge in [-0.15, -0.1) is 0 Å². The van der Waals surface area contributed by atoms with Crippen LogP contribution in [0.15, 0.2) is 18.2 Å². The normalized spacial score (nSPS) is 30.5. The molecule has 0 aromatic heterocycles. The second-order valence-corrected chi connectivity index (χ2v) is 8.67. The van der Waals surface area contributed by atoms with Crippen molar-refractivity contribution < 1.29 is 14.3 Å². The molecular formula is C22H32N2O3. The maximum atomic E-state index is 12.6. The van der Waals surface area contributed by atoms with E-state index in [1.54, 1.807) is 4.90 Å². The van der Waals surface area contributed by atoms with Crippen LogP contribution in [0.3, 0.4) is 0 Å². The maximum absolute atomic E-state index is 12.6. The van der Waals surface area contributed by atoms with Gasteiger partial charge in [-0.2, -0.15) is 0 Å². The fraction of sp³-hybridized carbons (Fsp3) is 0.682. The number of benzene rings is 1. The number of nitrogens with zero attached hydrogens (tertiary/aromatic N) is 1. The van der Waals surface area contributed by atoms with Crippen LogP contribution in [0.4, 0.5) is 4.79 Å². The highest BCUT2D eigenvalue weighted by atomic mass is 16.6. The van der Waals surface area contributed by atoms with Crippen molar-refractivity contribution >= 4 is 6.09 Å². The number of hydrogen-bond acceptors (Lipinski definition) is 4. The van der Waals surface area contributed by atoms with E-state index in [0.717, 1.165) is 12.8 Å². The molecule has 2 fully saturated rings. The van der Waals surface area contributed by atoms with Gasteiger partial charge in [-0.3, -0.25) is 0 Å². The maximum Gasteiger partial charge on any atom is 0.415 e. The molecule has 1 saturated carbocycles. The van der Waals surface area contributed by atoms with Gasteiger partial charge in [0.1, 0.15) is 5.75 Å². The first-order chi connectivity index (χ1) is 13.0. The molecule has 3 aliphatic rings. The molecule has 1 amide bonds. The van der Waals surface area contributed by atoms with Gasteiger partial charge in [0.25, 0.3) is 0 Å². The Kier molecular flexibility index (Phi) is 5.17. The summed E-state index contributed by atoms with van der Waals surface area (Å²) in [6.07, 6.45) is 6.88. The molecule has 148 valence electrons. The lowest BCUT2D eigenvalue weighted by Crippen LogP contribution is -2.53. The zero-order valence-corrected chi connectivity index (χ0v) is 16.6. The van der Waals surface area contributed by atoms with Gasteiger partial charge in [0.2, 0.25) is 0 Å². The fourth-order valence-electron chi connectivity index (χ4n) is 5.20. The Morgan fingerprint density at radius 1 is 1.33 bits per heavy atom. The minimum Gasteiger partial charge on any atom is -0.410 e. The summed E-state index contributed by atoms with van der Waals surface area (Å²) in [5, 5.41) is 0. The van der Waals surface area contributed by atoms with Crippen molar-refractivity contribution in [3.05, 3.63) is 29.3 Å². The molecule has 0 radical (unpaired) electrons. The molecule has 2 N–H and O–H groups in total. The molecule has 1 heterocycles. The molecule has 5 heteroatoms.